The summed E-state index contributed by atoms with van der Waals surface area (Å²) in [4.78, 5) is 5.06. The Kier molecular flexibility index (Phi) is 17.2. The topological polar surface area (TPSA) is 59.6 Å². The van der Waals surface area contributed by atoms with Crippen LogP contribution < -0.4 is 9.30 Å². The molecule has 0 atom stereocenters. The number of benzene rings is 14. The molecule has 0 bridgehead atoms. The Hall–Kier alpha value is -12.5. The largest absolute Gasteiger partial charge is 0.510 e. The summed E-state index contributed by atoms with van der Waals surface area (Å²) in [6.07, 6.45) is 5.80. The van der Waals surface area contributed by atoms with Crippen LogP contribution in [-0.4, -0.2) is 14.1 Å². The molecule has 0 aliphatic carbocycles. The monoisotopic (exact) mass is 1490 g/mol. The first-order chi connectivity index (χ1) is 49.6. The molecule has 3 heterocycles. The van der Waals surface area contributed by atoms with Crippen LogP contribution in [0.2, 0.25) is 0 Å². The molecule has 3 aromatic heterocycles. The Morgan fingerprint density at radius 1 is 0.382 bits per heavy atom. The number of imidazole rings is 1. The van der Waals surface area contributed by atoms with Gasteiger partial charge in [-0.15, -0.1) is 35.7 Å². The smallest absolute Gasteiger partial charge is 0.268 e. The van der Waals surface area contributed by atoms with E-state index in [4.69, 9.17) is 9.72 Å². The van der Waals surface area contributed by atoms with Crippen LogP contribution in [0.4, 0.5) is 0 Å². The van der Waals surface area contributed by atoms with Crippen molar-refractivity contribution in [3.63, 3.8) is 0 Å². The fourth-order valence-corrected chi connectivity index (χ4v) is 14.1. The van der Waals surface area contributed by atoms with E-state index < -0.39 is 0 Å². The summed E-state index contributed by atoms with van der Waals surface area (Å²) in [7, 11) is 0. The molecule has 0 aliphatic heterocycles. The summed E-state index contributed by atoms with van der Waals surface area (Å²) in [6.45, 7) is 6.67. The van der Waals surface area contributed by atoms with E-state index in [1.807, 2.05) is 29.0 Å². The molecule has 0 saturated heterocycles. The standard InChI is InChI=1S/C95H65N5O.Pt/c1-95(2,3)81-45-46-97-93(59-81)100-89-44-41-71(78-52-72(65-25-10-4-11-26-65)49-73(53-78)66-27-12-5-13-28-66)58-88(89)87-43-42-83(61-92(87)100)101-84-48-64(62-96)47-82(60-84)98-63-99(91-40-23-22-39-90(91)98)94-85(79-54-74(67-29-14-6-15-30-67)50-75(55-79)68-31-16-7-17-32-68)37-24-38-86(94)80-56-76(69-33-18-8-19-34-69)51-77(57-80)70-35-20-9-21-36-70;/h4-59H,1-3H3;/q-2;. The maximum absolute atomic E-state index is 11.0. The predicted molar refractivity (Wildman–Crippen MR) is 412 cm³/mol. The average molecular weight is 1490 g/mol. The molecule has 7 heteroatoms. The van der Waals surface area contributed by atoms with Crippen LogP contribution in [0.5, 0.6) is 11.5 Å². The molecular formula is C95H65N5OPt-2. The normalized spacial score (nSPS) is 11.4. The van der Waals surface area contributed by atoms with Crippen LogP contribution in [0, 0.1) is 29.8 Å². The molecule has 0 amide bonds. The molecule has 6 nitrogen and oxygen atoms in total. The molecule has 14 aromatic carbocycles. The number of aromatic nitrogens is 4. The van der Waals surface area contributed by atoms with Crippen LogP contribution in [0.3, 0.4) is 0 Å². The van der Waals surface area contributed by atoms with Gasteiger partial charge in [-0.1, -0.05) is 268 Å². The number of nitriles is 1. The molecule has 102 heavy (non-hydrogen) atoms. The van der Waals surface area contributed by atoms with Crippen molar-refractivity contribution in [2.75, 3.05) is 0 Å². The van der Waals surface area contributed by atoms with Crippen molar-refractivity contribution in [3.05, 3.63) is 369 Å². The first kappa shape index (κ1) is 64.2. The molecule has 0 saturated carbocycles. The Bertz CT molecular complexity index is 5700. The second kappa shape index (κ2) is 27.3. The minimum atomic E-state index is -0.142. The fourth-order valence-electron chi connectivity index (χ4n) is 14.1. The van der Waals surface area contributed by atoms with Gasteiger partial charge in [0, 0.05) is 44.3 Å². The zero-order valence-corrected chi connectivity index (χ0v) is 58.6. The van der Waals surface area contributed by atoms with Crippen molar-refractivity contribution in [1.29, 1.82) is 5.26 Å². The van der Waals surface area contributed by atoms with E-state index in [1.54, 1.807) is 6.07 Å². The summed E-state index contributed by atoms with van der Waals surface area (Å²) in [5, 5.41) is 13.0. The molecule has 0 spiro atoms. The number of nitrogens with zero attached hydrogens (tertiary/aromatic N) is 5. The molecule has 0 fully saturated rings. The van der Waals surface area contributed by atoms with E-state index in [1.165, 1.54) is 0 Å². The van der Waals surface area contributed by atoms with E-state index >= 15 is 0 Å². The zero-order valence-electron chi connectivity index (χ0n) is 56.3. The summed E-state index contributed by atoms with van der Waals surface area (Å²) in [5.41, 5.74) is 26.1. The van der Waals surface area contributed by atoms with E-state index in [9.17, 15) is 5.26 Å². The van der Waals surface area contributed by atoms with Crippen LogP contribution >= 0.6 is 0 Å². The molecule has 0 N–H and O–H groups in total. The SMILES string of the molecule is CC(C)(C)c1ccnc(-n2c3[c-]c(Oc4[c-]c(-n5[c-][n+](-c6c(-c7cc(-c8ccccc8)cc(-c8ccccc8)c7)cccc6-c6cc(-c7ccccc7)cc(-c7ccccc7)c6)c6ccccc65)cc(C#N)c4)ccc3c3cc(-c4cc(-c5ccccc5)cc(-c5ccccc5)c4)ccc32)c1.[Pt]. The number of rotatable bonds is 14. The van der Waals surface area contributed by atoms with Gasteiger partial charge in [0.25, 0.3) is 6.33 Å². The summed E-state index contributed by atoms with van der Waals surface area (Å²) in [5.74, 6) is 1.56. The number of pyridine rings is 1. The van der Waals surface area contributed by atoms with Crippen molar-refractivity contribution in [2.24, 2.45) is 0 Å². The van der Waals surface area contributed by atoms with Gasteiger partial charge in [0.1, 0.15) is 5.82 Å². The maximum Gasteiger partial charge on any atom is 0.268 e. The first-order valence-electron chi connectivity index (χ1n) is 34.1. The second-order valence-corrected chi connectivity index (χ2v) is 26.7. The van der Waals surface area contributed by atoms with E-state index in [2.05, 4.69) is 364 Å². The number of para-hydroxylation sites is 3. The summed E-state index contributed by atoms with van der Waals surface area (Å²) in [6, 6.07) is 128. The van der Waals surface area contributed by atoms with Crippen molar-refractivity contribution in [3.8, 4) is 135 Å². The van der Waals surface area contributed by atoms with Crippen molar-refractivity contribution in [2.45, 2.75) is 26.2 Å². The van der Waals surface area contributed by atoms with Gasteiger partial charge in [0.05, 0.1) is 22.8 Å². The molecule has 0 radical (unpaired) electrons. The van der Waals surface area contributed by atoms with Crippen LogP contribution in [0.15, 0.2) is 340 Å². The Balaban J connectivity index is 0.00000805. The first-order valence-corrected chi connectivity index (χ1v) is 34.1. The minimum absolute atomic E-state index is 0. The predicted octanol–water partition coefficient (Wildman–Crippen LogP) is 23.8. The second-order valence-electron chi connectivity index (χ2n) is 26.7. The molecule has 0 unspecified atom stereocenters. The minimum Gasteiger partial charge on any atom is -0.510 e. The molecular weight excluding hydrogens is 1420 g/mol. The fraction of sp³-hybridized carbons (Fsp3) is 0.0421. The summed E-state index contributed by atoms with van der Waals surface area (Å²) < 4.78 is 13.4. The van der Waals surface area contributed by atoms with Crippen LogP contribution in [0.1, 0.15) is 31.9 Å². The number of hydrogen-bond donors (Lipinski definition) is 0. The van der Waals surface area contributed by atoms with E-state index in [0.717, 1.165) is 150 Å². The number of fused-ring (bicyclic) bond motifs is 4. The Labute approximate surface area is 608 Å². The van der Waals surface area contributed by atoms with Gasteiger partial charge in [0.15, 0.2) is 0 Å². The van der Waals surface area contributed by atoms with Gasteiger partial charge in [-0.2, -0.15) is 11.3 Å². The Morgan fingerprint density at radius 2 is 0.833 bits per heavy atom. The van der Waals surface area contributed by atoms with Gasteiger partial charge < -0.3 is 13.9 Å². The molecule has 17 rings (SSSR count). The number of hydrogen-bond acceptors (Lipinski definition) is 3. The van der Waals surface area contributed by atoms with Crippen molar-refractivity contribution < 1.29 is 30.4 Å². The number of ether oxygens (including phenoxy) is 1. The van der Waals surface area contributed by atoms with Crippen LogP contribution in [-0.2, 0) is 26.5 Å². The van der Waals surface area contributed by atoms with Crippen LogP contribution in [0.25, 0.3) is 150 Å². The molecule has 17 aromatic rings. The van der Waals surface area contributed by atoms with Crippen molar-refractivity contribution >= 4 is 32.8 Å². The van der Waals surface area contributed by atoms with E-state index in [-0.39, 0.29) is 26.5 Å². The van der Waals surface area contributed by atoms with Gasteiger partial charge in [-0.05, 0) is 195 Å². The third-order valence-electron chi connectivity index (χ3n) is 19.1. The quantitative estimate of drug-likeness (QED) is 0.0805. The van der Waals surface area contributed by atoms with Gasteiger partial charge in [-0.25, -0.2) is 4.98 Å². The van der Waals surface area contributed by atoms with Crippen molar-refractivity contribution in [1.82, 2.24) is 14.1 Å². The average Bonchev–Trinajstić information content (AvgIpc) is 1.54. The van der Waals surface area contributed by atoms with Gasteiger partial charge in [-0.3, -0.25) is 4.57 Å². The van der Waals surface area contributed by atoms with E-state index in [0.29, 0.717) is 22.7 Å². The third kappa shape index (κ3) is 12.5. The Morgan fingerprint density at radius 3 is 1.30 bits per heavy atom. The molecule has 488 valence electrons. The maximum atomic E-state index is 11.0. The molecule has 0 aliphatic rings. The summed E-state index contributed by atoms with van der Waals surface area (Å²) >= 11 is 0. The zero-order chi connectivity index (χ0) is 68.0. The third-order valence-corrected chi connectivity index (χ3v) is 19.1. The van der Waals surface area contributed by atoms with Gasteiger partial charge in [0.2, 0.25) is 0 Å². The van der Waals surface area contributed by atoms with Gasteiger partial charge >= 0.3 is 0 Å².